The van der Waals surface area contributed by atoms with Gasteiger partial charge in [-0.2, -0.15) is 0 Å². The van der Waals surface area contributed by atoms with Crippen LogP contribution in [0.25, 0.3) is 21.5 Å². The molecule has 146 valence electrons. The summed E-state index contributed by atoms with van der Waals surface area (Å²) in [5.41, 5.74) is 6.13. The monoisotopic (exact) mass is 403 g/mol. The predicted octanol–water partition coefficient (Wildman–Crippen LogP) is 4.98. The van der Waals surface area contributed by atoms with Crippen molar-refractivity contribution in [1.82, 2.24) is 14.9 Å². The number of morpholine rings is 1. The highest BCUT2D eigenvalue weighted by Crippen LogP contribution is 2.29. The molecule has 5 nitrogen and oxygen atoms in total. The summed E-state index contributed by atoms with van der Waals surface area (Å²) < 4.78 is 12.6. The van der Waals surface area contributed by atoms with E-state index in [4.69, 9.17) is 9.47 Å². The zero-order valence-corrected chi connectivity index (χ0v) is 16.8. The summed E-state index contributed by atoms with van der Waals surface area (Å²) in [6.07, 6.45) is 1.80. The van der Waals surface area contributed by atoms with E-state index in [1.165, 1.54) is 5.56 Å². The molecule has 1 aliphatic heterocycles. The Morgan fingerprint density at radius 2 is 1.86 bits per heavy atom. The molecule has 0 N–H and O–H groups in total. The van der Waals surface area contributed by atoms with Gasteiger partial charge < -0.3 is 9.47 Å². The lowest BCUT2D eigenvalue weighted by Crippen LogP contribution is -2.35. The third-order valence-corrected chi connectivity index (χ3v) is 5.79. The van der Waals surface area contributed by atoms with E-state index in [0.29, 0.717) is 0 Å². The minimum absolute atomic E-state index is 0.775. The molecule has 5 rings (SSSR count). The molecular formula is C23H21N3O2S. The molecule has 0 aliphatic carbocycles. The topological polar surface area (TPSA) is 47.5 Å². The van der Waals surface area contributed by atoms with Crippen molar-refractivity contribution < 1.29 is 9.47 Å². The zero-order chi connectivity index (χ0) is 19.5. The number of thiazole rings is 1. The Kier molecular flexibility index (Phi) is 5.21. The van der Waals surface area contributed by atoms with E-state index in [0.717, 1.165) is 65.8 Å². The average molecular weight is 404 g/mol. The summed E-state index contributed by atoms with van der Waals surface area (Å²) in [5, 5.41) is 0. The Labute approximate surface area is 173 Å². The van der Waals surface area contributed by atoms with Crippen LogP contribution in [0, 0.1) is 0 Å². The molecule has 6 heteroatoms. The van der Waals surface area contributed by atoms with Gasteiger partial charge in [0, 0.05) is 43.5 Å². The number of fused-ring (bicyclic) bond motifs is 1. The van der Waals surface area contributed by atoms with Crippen LogP contribution in [-0.2, 0) is 11.3 Å². The Morgan fingerprint density at radius 3 is 2.79 bits per heavy atom. The SMILES string of the molecule is c1cc(CN2CCOCC2)cc(-c2cc(Oc3ccc4ncsc4c3)ccn2)c1. The van der Waals surface area contributed by atoms with Crippen molar-refractivity contribution >= 4 is 21.6 Å². The van der Waals surface area contributed by atoms with Gasteiger partial charge in [-0.25, -0.2) is 4.98 Å². The second-order valence-electron chi connectivity index (χ2n) is 7.05. The molecule has 4 aromatic rings. The summed E-state index contributed by atoms with van der Waals surface area (Å²) in [7, 11) is 0. The van der Waals surface area contributed by atoms with Crippen LogP contribution in [0.5, 0.6) is 11.5 Å². The Hall–Kier alpha value is -2.80. The van der Waals surface area contributed by atoms with Gasteiger partial charge in [-0.1, -0.05) is 18.2 Å². The Morgan fingerprint density at radius 1 is 0.966 bits per heavy atom. The first kappa shape index (κ1) is 18.2. The maximum absolute atomic E-state index is 6.09. The standard InChI is InChI=1S/C23H21N3O2S/c1-2-17(15-26-8-10-27-11-9-26)12-18(3-1)22-13-20(6-7-24-22)28-19-4-5-21-23(14-19)29-16-25-21/h1-7,12-14,16H,8-11,15H2. The first-order valence-corrected chi connectivity index (χ1v) is 10.6. The number of hydrogen-bond donors (Lipinski definition) is 0. The van der Waals surface area contributed by atoms with Gasteiger partial charge in [-0.3, -0.25) is 9.88 Å². The number of pyridine rings is 1. The van der Waals surface area contributed by atoms with E-state index in [1.807, 2.05) is 35.8 Å². The molecule has 0 bridgehead atoms. The number of aromatic nitrogens is 2. The van der Waals surface area contributed by atoms with Gasteiger partial charge in [0.1, 0.15) is 11.5 Å². The summed E-state index contributed by atoms with van der Waals surface area (Å²) >= 11 is 1.61. The maximum Gasteiger partial charge on any atom is 0.131 e. The normalized spacial score (nSPS) is 14.9. The van der Waals surface area contributed by atoms with Crippen LogP contribution < -0.4 is 4.74 Å². The molecular weight excluding hydrogens is 382 g/mol. The van der Waals surface area contributed by atoms with Crippen LogP contribution >= 0.6 is 11.3 Å². The molecule has 29 heavy (non-hydrogen) atoms. The van der Waals surface area contributed by atoms with Crippen LogP contribution in [0.15, 0.2) is 66.3 Å². The van der Waals surface area contributed by atoms with E-state index in [-0.39, 0.29) is 0 Å². The zero-order valence-electron chi connectivity index (χ0n) is 16.0. The van der Waals surface area contributed by atoms with E-state index >= 15 is 0 Å². The smallest absolute Gasteiger partial charge is 0.131 e. The summed E-state index contributed by atoms with van der Waals surface area (Å²) in [5.74, 6) is 1.58. The van der Waals surface area contributed by atoms with E-state index in [2.05, 4.69) is 39.1 Å². The number of benzene rings is 2. The molecule has 0 unspecified atom stereocenters. The van der Waals surface area contributed by atoms with E-state index < -0.39 is 0 Å². The largest absolute Gasteiger partial charge is 0.457 e. The number of nitrogens with zero attached hydrogens (tertiary/aromatic N) is 3. The lowest BCUT2D eigenvalue weighted by atomic mass is 10.1. The highest BCUT2D eigenvalue weighted by molar-refractivity contribution is 7.16. The second-order valence-corrected chi connectivity index (χ2v) is 7.94. The minimum Gasteiger partial charge on any atom is -0.457 e. The fourth-order valence-electron chi connectivity index (χ4n) is 3.51. The Bertz CT molecular complexity index is 1120. The van der Waals surface area contributed by atoms with Crippen molar-refractivity contribution in [1.29, 1.82) is 0 Å². The van der Waals surface area contributed by atoms with Crippen molar-refractivity contribution in [2.24, 2.45) is 0 Å². The van der Waals surface area contributed by atoms with Crippen molar-refractivity contribution in [2.75, 3.05) is 26.3 Å². The van der Waals surface area contributed by atoms with E-state index in [9.17, 15) is 0 Å². The van der Waals surface area contributed by atoms with Crippen LogP contribution in [0.4, 0.5) is 0 Å². The second kappa shape index (κ2) is 8.29. The first-order valence-electron chi connectivity index (χ1n) is 9.70. The summed E-state index contributed by atoms with van der Waals surface area (Å²) in [4.78, 5) is 11.3. The minimum atomic E-state index is 0.775. The van der Waals surface area contributed by atoms with Crippen molar-refractivity contribution in [3.05, 3.63) is 71.9 Å². The van der Waals surface area contributed by atoms with Gasteiger partial charge >= 0.3 is 0 Å². The van der Waals surface area contributed by atoms with Gasteiger partial charge in [0.25, 0.3) is 0 Å². The molecule has 0 atom stereocenters. The molecule has 3 heterocycles. The van der Waals surface area contributed by atoms with Crippen LogP contribution in [0.3, 0.4) is 0 Å². The Balaban J connectivity index is 1.35. The van der Waals surface area contributed by atoms with Crippen LogP contribution in [-0.4, -0.2) is 41.2 Å². The van der Waals surface area contributed by atoms with Gasteiger partial charge in [0.05, 0.1) is 34.6 Å². The van der Waals surface area contributed by atoms with Crippen molar-refractivity contribution in [2.45, 2.75) is 6.54 Å². The molecule has 2 aromatic heterocycles. The third kappa shape index (κ3) is 4.29. The molecule has 0 saturated carbocycles. The average Bonchev–Trinajstić information content (AvgIpc) is 3.23. The molecule has 1 aliphatic rings. The number of hydrogen-bond acceptors (Lipinski definition) is 6. The summed E-state index contributed by atoms with van der Waals surface area (Å²) in [6.45, 7) is 4.52. The lowest BCUT2D eigenvalue weighted by molar-refractivity contribution is 0.0342. The number of ether oxygens (including phenoxy) is 2. The third-order valence-electron chi connectivity index (χ3n) is 5.00. The van der Waals surface area contributed by atoms with Gasteiger partial charge in [0.15, 0.2) is 0 Å². The lowest BCUT2D eigenvalue weighted by Gasteiger charge is -2.26. The summed E-state index contributed by atoms with van der Waals surface area (Å²) in [6, 6.07) is 18.4. The van der Waals surface area contributed by atoms with E-state index in [1.54, 1.807) is 17.5 Å². The fraction of sp³-hybridized carbons (Fsp3) is 0.217. The highest BCUT2D eigenvalue weighted by atomic mass is 32.1. The molecule has 0 spiro atoms. The van der Waals surface area contributed by atoms with Crippen LogP contribution in [0.2, 0.25) is 0 Å². The van der Waals surface area contributed by atoms with Gasteiger partial charge in [-0.15, -0.1) is 11.3 Å². The van der Waals surface area contributed by atoms with Gasteiger partial charge in [0.2, 0.25) is 0 Å². The highest BCUT2D eigenvalue weighted by Gasteiger charge is 2.11. The van der Waals surface area contributed by atoms with Crippen LogP contribution in [0.1, 0.15) is 5.56 Å². The quantitative estimate of drug-likeness (QED) is 0.470. The molecule has 2 aromatic carbocycles. The fourth-order valence-corrected chi connectivity index (χ4v) is 4.22. The predicted molar refractivity (Wildman–Crippen MR) is 115 cm³/mol. The molecule has 0 radical (unpaired) electrons. The van der Waals surface area contributed by atoms with Gasteiger partial charge in [-0.05, 0) is 29.8 Å². The van der Waals surface area contributed by atoms with Crippen molar-refractivity contribution in [3.8, 4) is 22.8 Å². The molecule has 0 amide bonds. The first-order chi connectivity index (χ1) is 14.3. The molecule has 1 fully saturated rings. The molecule has 1 saturated heterocycles. The maximum atomic E-state index is 6.09. The van der Waals surface area contributed by atoms with Crippen molar-refractivity contribution in [3.63, 3.8) is 0 Å². The number of rotatable bonds is 5.